The van der Waals surface area contributed by atoms with Gasteiger partial charge < -0.3 is 5.32 Å². The highest BCUT2D eigenvalue weighted by molar-refractivity contribution is 8.00. The summed E-state index contributed by atoms with van der Waals surface area (Å²) in [7, 11) is 0. The minimum Gasteiger partial charge on any atom is -0.353 e. The van der Waals surface area contributed by atoms with E-state index >= 15 is 0 Å². The second-order valence-electron chi connectivity index (χ2n) is 6.89. The van der Waals surface area contributed by atoms with Crippen LogP contribution in [-0.2, 0) is 4.79 Å². The fourth-order valence-electron chi connectivity index (χ4n) is 2.78. The number of carbonyl (C=O) groups excluding carboxylic acids is 2. The maximum Gasteiger partial charge on any atom is 0.258 e. The van der Waals surface area contributed by atoms with E-state index in [1.165, 1.54) is 23.1 Å². The van der Waals surface area contributed by atoms with E-state index in [2.05, 4.69) is 15.6 Å². The van der Waals surface area contributed by atoms with Crippen LogP contribution in [0, 0.1) is 6.92 Å². The normalized spacial score (nSPS) is 10.8. The van der Waals surface area contributed by atoms with E-state index in [1.54, 1.807) is 12.1 Å². The summed E-state index contributed by atoms with van der Waals surface area (Å²) in [5.74, 6) is -0.0633. The zero-order valence-corrected chi connectivity index (χ0v) is 19.3. The molecular weight excluding hydrogens is 438 g/mol. The summed E-state index contributed by atoms with van der Waals surface area (Å²) in [6, 6.07) is 14.8. The number of carbonyl (C=O) groups is 2. The van der Waals surface area contributed by atoms with Gasteiger partial charge in [-0.1, -0.05) is 35.9 Å². The number of nitrogens with one attached hydrogen (secondary N) is 2. The third-order valence-electron chi connectivity index (χ3n) is 4.07. The van der Waals surface area contributed by atoms with Crippen LogP contribution in [0.4, 0.5) is 5.13 Å². The van der Waals surface area contributed by atoms with Crippen molar-refractivity contribution in [3.05, 3.63) is 64.0 Å². The number of amides is 2. The molecule has 0 spiro atoms. The number of nitrogens with zero attached hydrogens (tertiary/aromatic N) is 1. The summed E-state index contributed by atoms with van der Waals surface area (Å²) in [6.07, 6.45) is 0. The van der Waals surface area contributed by atoms with E-state index in [0.717, 1.165) is 21.0 Å². The number of rotatable bonds is 7. The molecule has 8 heteroatoms. The number of benzene rings is 2. The number of aromatic nitrogens is 1. The highest BCUT2D eigenvalue weighted by atomic mass is 35.5. The average Bonchev–Trinajstić information content (AvgIpc) is 3.06. The van der Waals surface area contributed by atoms with Crippen molar-refractivity contribution in [2.24, 2.45) is 0 Å². The molecule has 156 valence electrons. The van der Waals surface area contributed by atoms with Gasteiger partial charge in [0.25, 0.3) is 5.91 Å². The lowest BCUT2D eigenvalue weighted by Gasteiger charge is -2.10. The first kappa shape index (κ1) is 22.3. The molecule has 0 aliphatic heterocycles. The van der Waals surface area contributed by atoms with Gasteiger partial charge in [-0.3, -0.25) is 14.9 Å². The molecule has 3 aromatic rings. The first-order valence-electron chi connectivity index (χ1n) is 9.39. The molecule has 0 atom stereocenters. The molecule has 0 aliphatic carbocycles. The van der Waals surface area contributed by atoms with Crippen LogP contribution in [0.15, 0.2) is 53.4 Å². The van der Waals surface area contributed by atoms with Gasteiger partial charge in [0, 0.05) is 26.4 Å². The van der Waals surface area contributed by atoms with Crippen molar-refractivity contribution in [2.45, 2.75) is 31.7 Å². The Morgan fingerprint density at radius 3 is 2.53 bits per heavy atom. The second-order valence-corrected chi connectivity index (χ2v) is 9.55. The molecule has 2 N–H and O–H groups in total. The van der Waals surface area contributed by atoms with Crippen LogP contribution in [0.5, 0.6) is 0 Å². The number of hydrogen-bond donors (Lipinski definition) is 2. The number of anilines is 1. The van der Waals surface area contributed by atoms with Crippen LogP contribution in [0.25, 0.3) is 11.3 Å². The molecule has 0 unspecified atom stereocenters. The Balaban J connectivity index is 1.73. The SMILES string of the molecule is Cc1sc(NC(=O)c2ccccc2SCC(=O)NC(C)C)nc1-c1ccc(Cl)cc1. The summed E-state index contributed by atoms with van der Waals surface area (Å²) in [6.45, 7) is 5.80. The number of aryl methyl sites for hydroxylation is 1. The van der Waals surface area contributed by atoms with E-state index in [1.807, 2.05) is 57.2 Å². The van der Waals surface area contributed by atoms with E-state index in [4.69, 9.17) is 11.6 Å². The third kappa shape index (κ3) is 5.84. The van der Waals surface area contributed by atoms with Crippen molar-refractivity contribution in [1.82, 2.24) is 10.3 Å². The molecule has 5 nitrogen and oxygen atoms in total. The molecule has 0 saturated heterocycles. The number of thiazole rings is 1. The summed E-state index contributed by atoms with van der Waals surface area (Å²) in [5.41, 5.74) is 2.28. The summed E-state index contributed by atoms with van der Waals surface area (Å²) >= 11 is 8.72. The molecular formula is C22H22ClN3O2S2. The second kappa shape index (κ2) is 10.1. The average molecular weight is 460 g/mol. The molecule has 2 aromatic carbocycles. The lowest BCUT2D eigenvalue weighted by Crippen LogP contribution is -2.31. The summed E-state index contributed by atoms with van der Waals surface area (Å²) in [5, 5.41) is 6.93. The predicted octanol–water partition coefficient (Wildman–Crippen LogP) is 5.64. The van der Waals surface area contributed by atoms with Crippen molar-refractivity contribution in [1.29, 1.82) is 0 Å². The highest BCUT2D eigenvalue weighted by Gasteiger charge is 2.16. The molecule has 0 bridgehead atoms. The smallest absolute Gasteiger partial charge is 0.258 e. The zero-order valence-electron chi connectivity index (χ0n) is 16.9. The van der Waals surface area contributed by atoms with Crippen molar-refractivity contribution < 1.29 is 9.59 Å². The van der Waals surface area contributed by atoms with Gasteiger partial charge in [0.2, 0.25) is 5.91 Å². The quantitative estimate of drug-likeness (QED) is 0.448. The van der Waals surface area contributed by atoms with Crippen LogP contribution in [0.2, 0.25) is 5.02 Å². The molecule has 1 heterocycles. The predicted molar refractivity (Wildman–Crippen MR) is 126 cm³/mol. The van der Waals surface area contributed by atoms with E-state index < -0.39 is 0 Å². The summed E-state index contributed by atoms with van der Waals surface area (Å²) in [4.78, 5) is 31.2. The minimum atomic E-state index is -0.251. The first-order chi connectivity index (χ1) is 14.3. The highest BCUT2D eigenvalue weighted by Crippen LogP contribution is 2.32. The van der Waals surface area contributed by atoms with Crippen molar-refractivity contribution >= 4 is 51.6 Å². The molecule has 1 aromatic heterocycles. The Labute approximate surface area is 189 Å². The number of thioether (sulfide) groups is 1. The Morgan fingerprint density at radius 1 is 1.13 bits per heavy atom. The molecule has 0 aliphatic rings. The van der Waals surface area contributed by atoms with Gasteiger partial charge in [-0.2, -0.15) is 0 Å². The van der Waals surface area contributed by atoms with E-state index in [-0.39, 0.29) is 23.6 Å². The minimum absolute atomic E-state index is 0.0617. The number of halogens is 1. The third-order valence-corrected chi connectivity index (χ3v) is 6.29. The standard InChI is InChI=1S/C22H22ClN3O2S2/c1-13(2)24-19(27)12-29-18-7-5-4-6-17(18)21(28)26-22-25-20(14(3)30-22)15-8-10-16(23)11-9-15/h4-11,13H,12H2,1-3H3,(H,24,27)(H,25,26,28). The molecule has 2 amide bonds. The van der Waals surface area contributed by atoms with Crippen molar-refractivity contribution in [3.8, 4) is 11.3 Å². The van der Waals surface area contributed by atoms with Gasteiger partial charge in [-0.05, 0) is 45.0 Å². The fraction of sp³-hybridized carbons (Fsp3) is 0.227. The molecule has 0 fully saturated rings. The Hall–Kier alpha value is -2.35. The van der Waals surface area contributed by atoms with Crippen LogP contribution in [0.1, 0.15) is 29.1 Å². The van der Waals surface area contributed by atoms with Crippen LogP contribution >= 0.6 is 34.7 Å². The van der Waals surface area contributed by atoms with Gasteiger partial charge in [0.05, 0.1) is 17.0 Å². The van der Waals surface area contributed by atoms with Gasteiger partial charge in [0.1, 0.15) is 0 Å². The van der Waals surface area contributed by atoms with Gasteiger partial charge in [-0.15, -0.1) is 23.1 Å². The summed E-state index contributed by atoms with van der Waals surface area (Å²) < 4.78 is 0. The molecule has 0 radical (unpaired) electrons. The Morgan fingerprint density at radius 2 is 1.83 bits per heavy atom. The maximum atomic E-state index is 12.9. The number of hydrogen-bond acceptors (Lipinski definition) is 5. The van der Waals surface area contributed by atoms with Gasteiger partial charge in [-0.25, -0.2) is 4.98 Å². The van der Waals surface area contributed by atoms with E-state index in [9.17, 15) is 9.59 Å². The topological polar surface area (TPSA) is 71.1 Å². The monoisotopic (exact) mass is 459 g/mol. The lowest BCUT2D eigenvalue weighted by atomic mass is 10.1. The van der Waals surface area contributed by atoms with Crippen molar-refractivity contribution in [3.63, 3.8) is 0 Å². The Kier molecular flexibility index (Phi) is 7.53. The van der Waals surface area contributed by atoms with Gasteiger partial charge in [0.15, 0.2) is 5.13 Å². The maximum absolute atomic E-state index is 12.9. The molecule has 30 heavy (non-hydrogen) atoms. The largest absolute Gasteiger partial charge is 0.353 e. The van der Waals surface area contributed by atoms with Crippen molar-refractivity contribution in [2.75, 3.05) is 11.1 Å². The first-order valence-corrected chi connectivity index (χ1v) is 11.6. The lowest BCUT2D eigenvalue weighted by molar-refractivity contribution is -0.119. The van der Waals surface area contributed by atoms with Crippen LogP contribution < -0.4 is 10.6 Å². The molecule has 3 rings (SSSR count). The molecule has 0 saturated carbocycles. The Bertz CT molecular complexity index is 1050. The van der Waals surface area contributed by atoms with Crippen LogP contribution in [0.3, 0.4) is 0 Å². The van der Waals surface area contributed by atoms with Gasteiger partial charge >= 0.3 is 0 Å². The fourth-order valence-corrected chi connectivity index (χ4v) is 4.59. The zero-order chi connectivity index (χ0) is 21.7. The van der Waals surface area contributed by atoms with E-state index in [0.29, 0.717) is 15.7 Å². The van der Waals surface area contributed by atoms with Crippen LogP contribution in [-0.4, -0.2) is 28.6 Å².